The molecule has 4 nitrogen and oxygen atoms in total. The molecule has 148 valence electrons. The number of aliphatic carboxylic acids is 1. The van der Waals surface area contributed by atoms with Gasteiger partial charge in [0.2, 0.25) is 0 Å². The molecule has 1 aliphatic heterocycles. The molecular weight excluding hydrogens is 328 g/mol. The first kappa shape index (κ1) is 22.7. The molecule has 1 aliphatic rings. The Hall–Kier alpha value is -1.39. The molecule has 0 bridgehead atoms. The number of unbranched alkanes of at least 4 members (excludes halogenated alkanes) is 3. The molecule has 26 heavy (non-hydrogen) atoms. The Kier molecular flexibility index (Phi) is 10.5. The lowest BCUT2D eigenvalue weighted by atomic mass is 9.99. The van der Waals surface area contributed by atoms with E-state index in [1.165, 1.54) is 19.3 Å². The van der Waals surface area contributed by atoms with E-state index in [-0.39, 0.29) is 18.1 Å². The lowest BCUT2D eigenvalue weighted by molar-refractivity contribution is -0.141. The normalized spacial score (nSPS) is 23.7. The second-order valence-electron chi connectivity index (χ2n) is 7.55. The minimum Gasteiger partial charge on any atom is -0.481 e. The summed E-state index contributed by atoms with van der Waals surface area (Å²) in [6.07, 6.45) is 20.1. The lowest BCUT2D eigenvalue weighted by Gasteiger charge is -2.16. The fourth-order valence-corrected chi connectivity index (χ4v) is 2.69. The van der Waals surface area contributed by atoms with E-state index in [9.17, 15) is 9.90 Å². The Morgan fingerprint density at radius 1 is 1.23 bits per heavy atom. The average molecular weight is 365 g/mol. The largest absolute Gasteiger partial charge is 0.481 e. The Labute approximate surface area is 158 Å². The van der Waals surface area contributed by atoms with E-state index < -0.39 is 11.6 Å². The van der Waals surface area contributed by atoms with Gasteiger partial charge in [-0.1, -0.05) is 63.1 Å². The second kappa shape index (κ2) is 12.1. The molecule has 1 heterocycles. The number of epoxide rings is 1. The number of hydrogen-bond donors (Lipinski definition) is 2. The molecule has 4 unspecified atom stereocenters. The van der Waals surface area contributed by atoms with E-state index in [1.54, 1.807) is 19.9 Å². The molecule has 4 heteroatoms. The van der Waals surface area contributed by atoms with Gasteiger partial charge in [0, 0.05) is 0 Å². The molecule has 1 fully saturated rings. The van der Waals surface area contributed by atoms with Crippen LogP contribution in [-0.4, -0.2) is 34.0 Å². The maximum absolute atomic E-state index is 10.8. The maximum atomic E-state index is 10.8. The zero-order chi connectivity index (χ0) is 19.4. The van der Waals surface area contributed by atoms with E-state index in [0.717, 1.165) is 19.3 Å². The van der Waals surface area contributed by atoms with Crippen LogP contribution in [0.15, 0.2) is 36.5 Å². The van der Waals surface area contributed by atoms with Crippen molar-refractivity contribution in [1.82, 2.24) is 0 Å². The summed E-state index contributed by atoms with van der Waals surface area (Å²) in [6, 6.07) is 0. The van der Waals surface area contributed by atoms with Crippen molar-refractivity contribution >= 4 is 5.97 Å². The zero-order valence-corrected chi connectivity index (χ0v) is 16.6. The second-order valence-corrected chi connectivity index (χ2v) is 7.55. The third-order valence-electron chi connectivity index (χ3n) is 4.68. The number of hydrogen-bond acceptors (Lipinski definition) is 3. The smallest absolute Gasteiger partial charge is 0.306 e. The Bertz CT molecular complexity index is 490. The van der Waals surface area contributed by atoms with E-state index >= 15 is 0 Å². The maximum Gasteiger partial charge on any atom is 0.306 e. The van der Waals surface area contributed by atoms with Crippen molar-refractivity contribution < 1.29 is 19.7 Å². The molecule has 0 spiro atoms. The van der Waals surface area contributed by atoms with Gasteiger partial charge in [0.15, 0.2) is 0 Å². The minimum atomic E-state index is -0.883. The highest BCUT2D eigenvalue weighted by molar-refractivity contribution is 5.69. The van der Waals surface area contributed by atoms with E-state index in [4.69, 9.17) is 9.84 Å². The summed E-state index contributed by atoms with van der Waals surface area (Å²) in [6.45, 7) is 5.72. The molecule has 0 saturated carbocycles. The third-order valence-corrected chi connectivity index (χ3v) is 4.68. The van der Waals surface area contributed by atoms with Gasteiger partial charge in [-0.3, -0.25) is 4.79 Å². The fraction of sp³-hybridized carbons (Fsp3) is 0.682. The summed E-state index contributed by atoms with van der Waals surface area (Å²) < 4.78 is 5.52. The number of carboxylic acids is 1. The van der Waals surface area contributed by atoms with Crippen LogP contribution in [0.4, 0.5) is 0 Å². The minimum absolute atomic E-state index is 0.0116. The van der Waals surface area contributed by atoms with Crippen LogP contribution in [0.2, 0.25) is 0 Å². The fourth-order valence-electron chi connectivity index (χ4n) is 2.69. The van der Waals surface area contributed by atoms with Gasteiger partial charge in [0.1, 0.15) is 6.10 Å². The molecule has 1 rings (SSSR count). The zero-order valence-electron chi connectivity index (χ0n) is 16.6. The summed E-state index contributed by atoms with van der Waals surface area (Å²) in [5, 5.41) is 19.3. The van der Waals surface area contributed by atoms with Crippen molar-refractivity contribution in [2.24, 2.45) is 5.92 Å². The van der Waals surface area contributed by atoms with Gasteiger partial charge in [-0.25, -0.2) is 0 Å². The van der Waals surface area contributed by atoms with Gasteiger partial charge in [0.25, 0.3) is 0 Å². The highest BCUT2D eigenvalue weighted by Crippen LogP contribution is 2.30. The van der Waals surface area contributed by atoms with Crippen LogP contribution >= 0.6 is 0 Å². The number of carboxylic acid groups (broad SMARTS) is 1. The van der Waals surface area contributed by atoms with Gasteiger partial charge >= 0.3 is 5.97 Å². The number of ether oxygens (including phenoxy) is 1. The van der Waals surface area contributed by atoms with Crippen LogP contribution in [0.25, 0.3) is 0 Å². The Balaban J connectivity index is 2.18. The van der Waals surface area contributed by atoms with Crippen LogP contribution in [0.5, 0.6) is 0 Å². The van der Waals surface area contributed by atoms with Gasteiger partial charge in [-0.2, -0.15) is 0 Å². The standard InChI is InChI=1S/C22H36O4/c1-4-5-6-7-8-9-10-11-12-16-22(3,25)17-15-20-19(26-20)14-13-18(2)21(23)24/h8-9,11-12,15,17-20,25H,4-7,10,13-14,16H2,1-3H3,(H,23,24)/b9-8-,12-11-,17-15+. The molecule has 0 aromatic carbocycles. The highest BCUT2D eigenvalue weighted by atomic mass is 16.6. The topological polar surface area (TPSA) is 70.1 Å². The number of rotatable bonds is 14. The Morgan fingerprint density at radius 2 is 1.96 bits per heavy atom. The van der Waals surface area contributed by atoms with Crippen molar-refractivity contribution in [2.75, 3.05) is 0 Å². The molecule has 2 N–H and O–H groups in total. The first-order valence-electron chi connectivity index (χ1n) is 9.95. The number of allylic oxidation sites excluding steroid dienone is 3. The van der Waals surface area contributed by atoms with Crippen LogP contribution in [0.3, 0.4) is 0 Å². The molecule has 0 amide bonds. The SMILES string of the molecule is CCCCC/C=C\C/C=C\CC(C)(O)/C=C/C1OC1CCC(C)C(=O)O. The van der Waals surface area contributed by atoms with Crippen molar-refractivity contribution in [3.8, 4) is 0 Å². The van der Waals surface area contributed by atoms with Crippen LogP contribution in [0, 0.1) is 5.92 Å². The molecule has 0 aromatic heterocycles. The first-order chi connectivity index (χ1) is 12.4. The van der Waals surface area contributed by atoms with E-state index in [0.29, 0.717) is 12.8 Å². The van der Waals surface area contributed by atoms with Gasteiger partial charge < -0.3 is 14.9 Å². The van der Waals surface area contributed by atoms with Crippen molar-refractivity contribution in [2.45, 2.75) is 89.9 Å². The van der Waals surface area contributed by atoms with E-state index in [1.807, 2.05) is 12.2 Å². The van der Waals surface area contributed by atoms with Crippen LogP contribution in [0.1, 0.15) is 72.1 Å². The highest BCUT2D eigenvalue weighted by Gasteiger charge is 2.37. The van der Waals surface area contributed by atoms with Crippen LogP contribution < -0.4 is 0 Å². The van der Waals surface area contributed by atoms with Crippen molar-refractivity contribution in [3.05, 3.63) is 36.5 Å². The molecule has 4 atom stereocenters. The summed E-state index contributed by atoms with van der Waals surface area (Å²) >= 11 is 0. The summed E-state index contributed by atoms with van der Waals surface area (Å²) in [5.41, 5.74) is -0.883. The molecule has 0 aliphatic carbocycles. The predicted octanol–water partition coefficient (Wildman–Crippen LogP) is 5.03. The summed E-state index contributed by atoms with van der Waals surface area (Å²) in [7, 11) is 0. The molecule has 1 saturated heterocycles. The molecular formula is C22H36O4. The summed E-state index contributed by atoms with van der Waals surface area (Å²) in [5.74, 6) is -1.10. The first-order valence-corrected chi connectivity index (χ1v) is 9.95. The van der Waals surface area contributed by atoms with Gasteiger partial charge in [0.05, 0.1) is 17.6 Å². The predicted molar refractivity (Wildman–Crippen MR) is 106 cm³/mol. The average Bonchev–Trinajstić information content (AvgIpc) is 3.35. The van der Waals surface area contributed by atoms with Gasteiger partial charge in [-0.15, -0.1) is 0 Å². The van der Waals surface area contributed by atoms with Crippen molar-refractivity contribution in [1.29, 1.82) is 0 Å². The molecule has 0 radical (unpaired) electrons. The Morgan fingerprint density at radius 3 is 2.65 bits per heavy atom. The van der Waals surface area contributed by atoms with Crippen molar-refractivity contribution in [3.63, 3.8) is 0 Å². The lowest BCUT2D eigenvalue weighted by Crippen LogP contribution is -2.19. The van der Waals surface area contributed by atoms with Gasteiger partial charge in [-0.05, 0) is 45.4 Å². The number of aliphatic hydroxyl groups is 1. The molecule has 0 aromatic rings. The van der Waals surface area contributed by atoms with Crippen LogP contribution in [-0.2, 0) is 9.53 Å². The third kappa shape index (κ3) is 10.6. The van der Waals surface area contributed by atoms with E-state index in [2.05, 4.69) is 25.2 Å². The monoisotopic (exact) mass is 364 g/mol. The summed E-state index contributed by atoms with van der Waals surface area (Å²) in [4.78, 5) is 10.8. The quantitative estimate of drug-likeness (QED) is 0.257. The number of carbonyl (C=O) groups is 1.